The zero-order valence-corrected chi connectivity index (χ0v) is 13.7. The molecule has 21 heavy (non-hydrogen) atoms. The average Bonchev–Trinajstić information content (AvgIpc) is 2.78. The molecule has 0 radical (unpaired) electrons. The minimum atomic E-state index is -0.0284. The lowest BCUT2D eigenvalue weighted by Crippen LogP contribution is -2.53. The fourth-order valence-corrected chi connectivity index (χ4v) is 2.99. The van der Waals surface area contributed by atoms with E-state index >= 15 is 0 Å². The predicted octanol–water partition coefficient (Wildman–Crippen LogP) is 1.82. The molecule has 1 aliphatic heterocycles. The molecule has 0 aromatic carbocycles. The molecule has 118 valence electrons. The van der Waals surface area contributed by atoms with Gasteiger partial charge in [0.25, 0.3) is 0 Å². The summed E-state index contributed by atoms with van der Waals surface area (Å²) in [6.45, 7) is 13.8. The van der Waals surface area contributed by atoms with Crippen LogP contribution in [0.15, 0.2) is 0 Å². The molecule has 0 bridgehead atoms. The Morgan fingerprint density at radius 3 is 2.29 bits per heavy atom. The van der Waals surface area contributed by atoms with Gasteiger partial charge in [0.2, 0.25) is 0 Å². The van der Waals surface area contributed by atoms with Crippen LogP contribution in [0.25, 0.3) is 0 Å². The van der Waals surface area contributed by atoms with Gasteiger partial charge >= 0.3 is 6.03 Å². The lowest BCUT2D eigenvalue weighted by molar-refractivity contribution is 0.118. The van der Waals surface area contributed by atoms with Gasteiger partial charge < -0.3 is 10.2 Å². The summed E-state index contributed by atoms with van der Waals surface area (Å²) in [7, 11) is 0. The first kappa shape index (κ1) is 15.8. The van der Waals surface area contributed by atoms with Crippen molar-refractivity contribution in [2.75, 3.05) is 26.2 Å². The zero-order valence-electron chi connectivity index (χ0n) is 13.7. The molecule has 1 aromatic rings. The molecule has 6 heteroatoms. The van der Waals surface area contributed by atoms with E-state index in [-0.39, 0.29) is 12.1 Å². The number of urea groups is 1. The number of aryl methyl sites for hydroxylation is 2. The first-order valence-corrected chi connectivity index (χ1v) is 7.71. The van der Waals surface area contributed by atoms with Crippen LogP contribution in [-0.4, -0.2) is 58.2 Å². The molecule has 0 saturated carbocycles. The van der Waals surface area contributed by atoms with Crippen LogP contribution in [0.1, 0.15) is 43.8 Å². The normalized spacial score (nSPS) is 18.1. The first-order valence-electron chi connectivity index (χ1n) is 7.71. The highest BCUT2D eigenvalue weighted by Gasteiger charge is 2.24. The van der Waals surface area contributed by atoms with E-state index in [1.165, 1.54) is 0 Å². The number of piperazine rings is 1. The van der Waals surface area contributed by atoms with Crippen molar-refractivity contribution in [2.24, 2.45) is 0 Å². The molecule has 2 amide bonds. The number of carbonyl (C=O) groups excluding carboxylic acids is 1. The maximum Gasteiger partial charge on any atom is 0.317 e. The fourth-order valence-electron chi connectivity index (χ4n) is 2.99. The van der Waals surface area contributed by atoms with E-state index in [1.54, 1.807) is 0 Å². The van der Waals surface area contributed by atoms with E-state index in [0.29, 0.717) is 6.04 Å². The number of hydrogen-bond donors (Lipinski definition) is 2. The minimum absolute atomic E-state index is 0.0194. The summed E-state index contributed by atoms with van der Waals surface area (Å²) >= 11 is 0. The summed E-state index contributed by atoms with van der Waals surface area (Å²) in [6, 6.07) is 0.538. The van der Waals surface area contributed by atoms with Crippen LogP contribution in [-0.2, 0) is 0 Å². The number of H-pyrrole nitrogens is 1. The van der Waals surface area contributed by atoms with Gasteiger partial charge in [0.1, 0.15) is 0 Å². The quantitative estimate of drug-likeness (QED) is 0.893. The Kier molecular flexibility index (Phi) is 4.88. The highest BCUT2D eigenvalue weighted by molar-refractivity contribution is 5.75. The Bertz CT molecular complexity index is 469. The summed E-state index contributed by atoms with van der Waals surface area (Å²) in [6.07, 6.45) is 0. The molecule has 1 aromatic heterocycles. The number of amides is 2. The Balaban J connectivity index is 1.91. The van der Waals surface area contributed by atoms with Crippen molar-refractivity contribution in [3.63, 3.8) is 0 Å². The third-order valence-corrected chi connectivity index (χ3v) is 4.29. The summed E-state index contributed by atoms with van der Waals surface area (Å²) < 4.78 is 0. The maximum atomic E-state index is 12.4. The summed E-state index contributed by atoms with van der Waals surface area (Å²) in [4.78, 5) is 16.7. The van der Waals surface area contributed by atoms with Crippen molar-refractivity contribution in [1.29, 1.82) is 0 Å². The molecule has 0 aliphatic carbocycles. The number of nitrogens with zero attached hydrogens (tertiary/aromatic N) is 3. The predicted molar refractivity (Wildman–Crippen MR) is 83.3 cm³/mol. The highest BCUT2D eigenvalue weighted by atomic mass is 16.2. The van der Waals surface area contributed by atoms with E-state index in [1.807, 2.05) is 25.7 Å². The van der Waals surface area contributed by atoms with Gasteiger partial charge in [-0.25, -0.2) is 4.79 Å². The van der Waals surface area contributed by atoms with Gasteiger partial charge in [-0.05, 0) is 34.6 Å². The molecule has 2 N–H and O–H groups in total. The Morgan fingerprint density at radius 1 is 1.19 bits per heavy atom. The lowest BCUT2D eigenvalue weighted by Gasteiger charge is -2.37. The zero-order chi connectivity index (χ0) is 15.6. The highest BCUT2D eigenvalue weighted by Crippen LogP contribution is 2.19. The molecular formula is C15H27N5O. The Labute approximate surface area is 126 Å². The van der Waals surface area contributed by atoms with E-state index < -0.39 is 0 Å². The number of aromatic amines is 1. The topological polar surface area (TPSA) is 64.3 Å². The van der Waals surface area contributed by atoms with Crippen LogP contribution < -0.4 is 5.32 Å². The minimum Gasteiger partial charge on any atom is -0.331 e. The lowest BCUT2D eigenvalue weighted by atomic mass is 10.1. The second-order valence-corrected chi connectivity index (χ2v) is 6.14. The second kappa shape index (κ2) is 6.47. The summed E-state index contributed by atoms with van der Waals surface area (Å²) in [5.41, 5.74) is 3.05. The standard InChI is InChI=1S/C15H27N5O/c1-10(2)19-6-8-20(9-7-19)15(21)16-11(3)14-12(4)17-18-13(14)5/h10-11H,6-9H2,1-5H3,(H,16,21)(H,17,18). The van der Waals surface area contributed by atoms with Crippen molar-refractivity contribution >= 4 is 6.03 Å². The van der Waals surface area contributed by atoms with E-state index in [0.717, 1.165) is 43.1 Å². The van der Waals surface area contributed by atoms with Gasteiger partial charge in [-0.3, -0.25) is 10.00 Å². The van der Waals surface area contributed by atoms with Crippen LogP contribution in [0, 0.1) is 13.8 Å². The molecule has 6 nitrogen and oxygen atoms in total. The maximum absolute atomic E-state index is 12.4. The smallest absolute Gasteiger partial charge is 0.317 e. The molecule has 2 heterocycles. The number of hydrogen-bond acceptors (Lipinski definition) is 3. The summed E-state index contributed by atoms with van der Waals surface area (Å²) in [5.74, 6) is 0. The van der Waals surface area contributed by atoms with Crippen LogP contribution in [0.5, 0.6) is 0 Å². The number of carbonyl (C=O) groups is 1. The molecule has 1 aliphatic rings. The molecule has 1 atom stereocenters. The van der Waals surface area contributed by atoms with Crippen molar-refractivity contribution in [3.05, 3.63) is 17.0 Å². The van der Waals surface area contributed by atoms with Crippen LogP contribution in [0.4, 0.5) is 4.79 Å². The van der Waals surface area contributed by atoms with Gasteiger partial charge in [0.05, 0.1) is 11.7 Å². The van der Waals surface area contributed by atoms with Gasteiger partial charge in [0.15, 0.2) is 0 Å². The molecule has 2 rings (SSSR count). The molecule has 0 spiro atoms. The second-order valence-electron chi connectivity index (χ2n) is 6.14. The van der Waals surface area contributed by atoms with Crippen molar-refractivity contribution < 1.29 is 4.79 Å². The first-order chi connectivity index (χ1) is 9.90. The molecule has 1 fully saturated rings. The average molecular weight is 293 g/mol. The van der Waals surface area contributed by atoms with Gasteiger partial charge in [-0.1, -0.05) is 0 Å². The fraction of sp³-hybridized carbons (Fsp3) is 0.733. The van der Waals surface area contributed by atoms with Crippen LogP contribution >= 0.6 is 0 Å². The monoisotopic (exact) mass is 293 g/mol. The number of rotatable bonds is 3. The Morgan fingerprint density at radius 2 is 1.81 bits per heavy atom. The molecule has 1 saturated heterocycles. The van der Waals surface area contributed by atoms with Gasteiger partial charge in [-0.2, -0.15) is 5.10 Å². The van der Waals surface area contributed by atoms with Crippen LogP contribution in [0.3, 0.4) is 0 Å². The molecular weight excluding hydrogens is 266 g/mol. The van der Waals surface area contributed by atoms with E-state index in [9.17, 15) is 4.79 Å². The van der Waals surface area contributed by atoms with Crippen molar-refractivity contribution in [2.45, 2.75) is 46.7 Å². The number of aromatic nitrogens is 2. The SMILES string of the molecule is Cc1n[nH]c(C)c1C(C)NC(=O)N1CCN(C(C)C)CC1. The van der Waals surface area contributed by atoms with Crippen molar-refractivity contribution in [1.82, 2.24) is 25.3 Å². The Hall–Kier alpha value is -1.56. The van der Waals surface area contributed by atoms with E-state index in [4.69, 9.17) is 0 Å². The summed E-state index contributed by atoms with van der Waals surface area (Å²) in [5, 5.41) is 10.2. The largest absolute Gasteiger partial charge is 0.331 e. The third kappa shape index (κ3) is 3.56. The third-order valence-electron chi connectivity index (χ3n) is 4.29. The van der Waals surface area contributed by atoms with Gasteiger partial charge in [-0.15, -0.1) is 0 Å². The van der Waals surface area contributed by atoms with E-state index in [2.05, 4.69) is 34.3 Å². The van der Waals surface area contributed by atoms with Gasteiger partial charge in [0, 0.05) is 43.5 Å². The molecule has 1 unspecified atom stereocenters. The number of nitrogens with one attached hydrogen (secondary N) is 2. The van der Waals surface area contributed by atoms with Crippen LogP contribution in [0.2, 0.25) is 0 Å². The van der Waals surface area contributed by atoms with Crippen molar-refractivity contribution in [3.8, 4) is 0 Å².